The first kappa shape index (κ1) is 22.1. The maximum Gasteiger partial charge on any atom is 0.224 e. The zero-order valence-electron chi connectivity index (χ0n) is 18.9. The van der Waals surface area contributed by atoms with Crippen LogP contribution in [0.15, 0.2) is 84.9 Å². The molecule has 3 aromatic rings. The maximum absolute atomic E-state index is 12.4. The summed E-state index contributed by atoms with van der Waals surface area (Å²) in [6.45, 7) is 6.14. The summed E-state index contributed by atoms with van der Waals surface area (Å²) in [6.07, 6.45) is 2.78. The van der Waals surface area contributed by atoms with Crippen molar-refractivity contribution in [2.75, 3.05) is 36.4 Å². The summed E-state index contributed by atoms with van der Waals surface area (Å²) in [5, 5.41) is 3.04. The molecule has 1 heterocycles. The van der Waals surface area contributed by atoms with Gasteiger partial charge in [-0.25, -0.2) is 0 Å². The number of aryl methyl sites for hydroxylation is 1. The van der Waals surface area contributed by atoms with E-state index in [2.05, 4.69) is 82.7 Å². The molecule has 32 heavy (non-hydrogen) atoms. The van der Waals surface area contributed by atoms with Gasteiger partial charge in [-0.1, -0.05) is 54.1 Å². The van der Waals surface area contributed by atoms with Crippen molar-refractivity contribution < 1.29 is 4.79 Å². The summed E-state index contributed by atoms with van der Waals surface area (Å²) in [5.74, 6) is 0.600. The van der Waals surface area contributed by atoms with Crippen molar-refractivity contribution in [1.29, 1.82) is 0 Å². The van der Waals surface area contributed by atoms with Crippen LogP contribution in [-0.4, -0.2) is 37.0 Å². The molecule has 1 aliphatic rings. The van der Waals surface area contributed by atoms with Crippen molar-refractivity contribution in [3.63, 3.8) is 0 Å². The second-order valence-electron chi connectivity index (χ2n) is 8.73. The lowest BCUT2D eigenvalue weighted by molar-refractivity contribution is -0.117. The molecule has 0 bridgehead atoms. The molecule has 1 aliphatic heterocycles. The molecule has 3 aromatic carbocycles. The van der Waals surface area contributed by atoms with Crippen molar-refractivity contribution in [1.82, 2.24) is 4.90 Å². The third kappa shape index (κ3) is 6.21. The molecule has 0 atom stereocenters. The number of amides is 1. The van der Waals surface area contributed by atoms with Crippen molar-refractivity contribution in [3.8, 4) is 0 Å². The minimum Gasteiger partial charge on any atom is -0.340 e. The summed E-state index contributed by atoms with van der Waals surface area (Å²) in [7, 11) is 0. The Balaban J connectivity index is 1.26. The third-order valence-corrected chi connectivity index (χ3v) is 6.29. The Morgan fingerprint density at radius 3 is 2.00 bits per heavy atom. The van der Waals surface area contributed by atoms with Crippen molar-refractivity contribution in [2.45, 2.75) is 26.2 Å². The van der Waals surface area contributed by atoms with Crippen LogP contribution >= 0.6 is 0 Å². The van der Waals surface area contributed by atoms with Gasteiger partial charge in [-0.15, -0.1) is 0 Å². The number of anilines is 3. The highest BCUT2D eigenvalue weighted by Crippen LogP contribution is 2.26. The molecule has 1 fully saturated rings. The molecule has 1 N–H and O–H groups in total. The molecule has 1 saturated heterocycles. The Kier molecular flexibility index (Phi) is 7.57. The largest absolute Gasteiger partial charge is 0.340 e. The highest BCUT2D eigenvalue weighted by atomic mass is 16.1. The highest BCUT2D eigenvalue weighted by molar-refractivity contribution is 5.90. The topological polar surface area (TPSA) is 35.6 Å². The van der Waals surface area contributed by atoms with Crippen LogP contribution in [0.4, 0.5) is 17.1 Å². The van der Waals surface area contributed by atoms with Crippen LogP contribution in [0, 0.1) is 12.8 Å². The minimum atomic E-state index is 0.131. The van der Waals surface area contributed by atoms with Gasteiger partial charge in [0.15, 0.2) is 0 Å². The van der Waals surface area contributed by atoms with E-state index in [0.29, 0.717) is 12.3 Å². The van der Waals surface area contributed by atoms with Gasteiger partial charge in [-0.3, -0.25) is 4.79 Å². The molecule has 4 heteroatoms. The number of hydrogen-bond donors (Lipinski definition) is 1. The molecule has 0 saturated carbocycles. The molecule has 0 aromatic heterocycles. The van der Waals surface area contributed by atoms with Crippen LogP contribution in [-0.2, 0) is 4.79 Å². The van der Waals surface area contributed by atoms with E-state index in [-0.39, 0.29) is 5.91 Å². The zero-order chi connectivity index (χ0) is 22.2. The number of piperidine rings is 1. The Morgan fingerprint density at radius 2 is 1.44 bits per heavy atom. The Morgan fingerprint density at radius 1 is 0.875 bits per heavy atom. The van der Waals surface area contributed by atoms with E-state index >= 15 is 0 Å². The predicted molar refractivity (Wildman–Crippen MR) is 133 cm³/mol. The molecular formula is C28H33N3O. The Labute approximate surface area is 191 Å². The number of carbonyl (C=O) groups is 1. The van der Waals surface area contributed by atoms with E-state index < -0.39 is 0 Å². The van der Waals surface area contributed by atoms with Gasteiger partial charge < -0.3 is 15.1 Å². The summed E-state index contributed by atoms with van der Waals surface area (Å²) < 4.78 is 0. The average Bonchev–Trinajstić information content (AvgIpc) is 2.83. The summed E-state index contributed by atoms with van der Waals surface area (Å²) in [5.41, 5.74) is 4.54. The lowest BCUT2D eigenvalue weighted by atomic mass is 9.93. The minimum absolute atomic E-state index is 0.131. The fraction of sp³-hybridized carbons (Fsp3) is 0.321. The molecular weight excluding hydrogens is 394 g/mol. The fourth-order valence-electron chi connectivity index (χ4n) is 4.39. The van der Waals surface area contributed by atoms with Gasteiger partial charge in [0.2, 0.25) is 5.91 Å². The van der Waals surface area contributed by atoms with Gasteiger partial charge in [0.1, 0.15) is 0 Å². The quantitative estimate of drug-likeness (QED) is 0.488. The van der Waals surface area contributed by atoms with Gasteiger partial charge in [0, 0.05) is 36.6 Å². The first-order valence-corrected chi connectivity index (χ1v) is 11.6. The van der Waals surface area contributed by atoms with Gasteiger partial charge in [-0.2, -0.15) is 0 Å². The summed E-state index contributed by atoms with van der Waals surface area (Å²) >= 11 is 0. The molecule has 0 spiro atoms. The number of nitrogens with zero attached hydrogens (tertiary/aromatic N) is 2. The fourth-order valence-corrected chi connectivity index (χ4v) is 4.39. The summed E-state index contributed by atoms with van der Waals surface area (Å²) in [6, 6.07) is 29.2. The van der Waals surface area contributed by atoms with Gasteiger partial charge in [-0.05, 0) is 75.2 Å². The molecule has 4 rings (SSSR count). The van der Waals surface area contributed by atoms with Gasteiger partial charge in [0.25, 0.3) is 0 Å². The van der Waals surface area contributed by atoms with Crippen LogP contribution in [0.1, 0.15) is 24.8 Å². The average molecular weight is 428 g/mol. The predicted octanol–water partition coefficient (Wildman–Crippen LogP) is 5.87. The molecule has 0 unspecified atom stereocenters. The number of para-hydroxylation sites is 2. The van der Waals surface area contributed by atoms with E-state index in [1.807, 2.05) is 24.3 Å². The number of benzene rings is 3. The number of hydrogen-bond acceptors (Lipinski definition) is 3. The van der Waals surface area contributed by atoms with Gasteiger partial charge >= 0.3 is 0 Å². The zero-order valence-corrected chi connectivity index (χ0v) is 18.9. The van der Waals surface area contributed by atoms with Crippen LogP contribution in [0.2, 0.25) is 0 Å². The van der Waals surface area contributed by atoms with Crippen LogP contribution in [0.25, 0.3) is 0 Å². The van der Waals surface area contributed by atoms with Crippen LogP contribution in [0.3, 0.4) is 0 Å². The first-order valence-electron chi connectivity index (χ1n) is 11.6. The van der Waals surface area contributed by atoms with Crippen LogP contribution in [0.5, 0.6) is 0 Å². The number of carbonyl (C=O) groups excluding carboxylic acids is 1. The third-order valence-electron chi connectivity index (χ3n) is 6.29. The van der Waals surface area contributed by atoms with Crippen molar-refractivity contribution in [3.05, 3.63) is 90.5 Å². The molecule has 0 aliphatic carbocycles. The van der Waals surface area contributed by atoms with E-state index in [1.165, 1.54) is 16.9 Å². The van der Waals surface area contributed by atoms with E-state index in [4.69, 9.17) is 0 Å². The SMILES string of the molecule is Cc1ccc(NC(=O)CC2CCN(CCN(c3ccccc3)c3ccccc3)CC2)cc1. The monoisotopic (exact) mass is 427 g/mol. The number of likely N-dealkylation sites (tertiary alicyclic amines) is 1. The van der Waals surface area contributed by atoms with Gasteiger partial charge in [0.05, 0.1) is 0 Å². The first-order chi connectivity index (χ1) is 15.7. The van der Waals surface area contributed by atoms with Crippen molar-refractivity contribution >= 4 is 23.0 Å². The number of nitrogens with one attached hydrogen (secondary N) is 1. The summed E-state index contributed by atoms with van der Waals surface area (Å²) in [4.78, 5) is 17.4. The molecule has 0 radical (unpaired) electrons. The smallest absolute Gasteiger partial charge is 0.224 e. The van der Waals surface area contributed by atoms with Crippen LogP contribution < -0.4 is 10.2 Å². The van der Waals surface area contributed by atoms with E-state index in [9.17, 15) is 4.79 Å². The molecule has 1 amide bonds. The maximum atomic E-state index is 12.4. The van der Waals surface area contributed by atoms with E-state index in [1.54, 1.807) is 0 Å². The standard InChI is InChI=1S/C28H33N3O/c1-23-12-14-25(15-13-23)29-28(32)22-24-16-18-30(19-17-24)20-21-31(26-8-4-2-5-9-26)27-10-6-3-7-11-27/h2-15,24H,16-22H2,1H3,(H,29,32). The van der Waals surface area contributed by atoms with E-state index in [0.717, 1.165) is 44.7 Å². The normalized spacial score (nSPS) is 14.8. The molecule has 4 nitrogen and oxygen atoms in total. The highest BCUT2D eigenvalue weighted by Gasteiger charge is 2.22. The Hall–Kier alpha value is -3.11. The lowest BCUT2D eigenvalue weighted by Gasteiger charge is -2.34. The second-order valence-corrected chi connectivity index (χ2v) is 8.73. The Bertz CT molecular complexity index is 925. The second kappa shape index (κ2) is 11.0. The lowest BCUT2D eigenvalue weighted by Crippen LogP contribution is -2.39. The number of rotatable bonds is 8. The molecule has 166 valence electrons. The van der Waals surface area contributed by atoms with Crippen molar-refractivity contribution in [2.24, 2.45) is 5.92 Å².